The Balaban J connectivity index is 2.68. The normalized spacial score (nSPS) is 13.6. The van der Waals surface area contributed by atoms with Crippen LogP contribution in [0.15, 0.2) is 18.3 Å². The molecule has 5 nitrogen and oxygen atoms in total. The molecular weight excluding hydrogens is 304 g/mol. The quantitative estimate of drug-likeness (QED) is 0.607. The van der Waals surface area contributed by atoms with Gasteiger partial charge in [0, 0.05) is 12.7 Å². The molecule has 1 aromatic rings. The van der Waals surface area contributed by atoms with E-state index in [2.05, 4.69) is 31.1 Å². The van der Waals surface area contributed by atoms with Gasteiger partial charge in [-0.2, -0.15) is 0 Å². The lowest BCUT2D eigenvalue weighted by molar-refractivity contribution is -0.141. The topological polar surface area (TPSA) is 60.5 Å². The molecule has 1 N–H and O–H groups in total. The molecule has 1 aromatic heterocycles. The van der Waals surface area contributed by atoms with Gasteiger partial charge in [-0.1, -0.05) is 34.1 Å². The first-order valence-corrected chi connectivity index (χ1v) is 8.95. The predicted molar refractivity (Wildman–Crippen MR) is 97.4 cm³/mol. The van der Waals surface area contributed by atoms with Gasteiger partial charge in [0.25, 0.3) is 5.91 Å². The van der Waals surface area contributed by atoms with Crippen LogP contribution < -0.4 is 10.1 Å². The maximum atomic E-state index is 12.7. The highest BCUT2D eigenvalue weighted by Gasteiger charge is 2.34. The number of nitrogens with one attached hydrogen (secondary N) is 1. The van der Waals surface area contributed by atoms with Crippen LogP contribution >= 0.6 is 0 Å². The second-order valence-corrected chi connectivity index (χ2v) is 6.72. The van der Waals surface area contributed by atoms with E-state index >= 15 is 0 Å². The Kier molecular flexibility index (Phi) is 8.76. The van der Waals surface area contributed by atoms with Gasteiger partial charge in [0.2, 0.25) is 5.88 Å². The van der Waals surface area contributed by atoms with Crippen molar-refractivity contribution in [1.29, 1.82) is 0 Å². The molecule has 24 heavy (non-hydrogen) atoms. The molecule has 0 saturated heterocycles. The van der Waals surface area contributed by atoms with Crippen molar-refractivity contribution in [2.75, 3.05) is 18.5 Å². The van der Waals surface area contributed by atoms with Crippen LogP contribution in [0.4, 0.5) is 5.69 Å². The van der Waals surface area contributed by atoms with E-state index in [1.165, 1.54) is 0 Å². The van der Waals surface area contributed by atoms with Crippen LogP contribution in [-0.4, -0.2) is 29.7 Å². The third-order valence-corrected chi connectivity index (χ3v) is 3.64. The Bertz CT molecular complexity index is 488. The third-order valence-electron chi connectivity index (χ3n) is 3.64. The summed E-state index contributed by atoms with van der Waals surface area (Å²) < 4.78 is 11.4. The molecule has 1 heterocycles. The number of hydrogen-bond acceptors (Lipinski definition) is 4. The smallest absolute Gasteiger partial charge is 0.256 e. The number of aromatic nitrogens is 1. The van der Waals surface area contributed by atoms with E-state index in [0.29, 0.717) is 37.1 Å². The zero-order valence-electron chi connectivity index (χ0n) is 15.7. The van der Waals surface area contributed by atoms with E-state index < -0.39 is 5.60 Å². The maximum absolute atomic E-state index is 12.7. The average Bonchev–Trinajstić information content (AvgIpc) is 2.54. The highest BCUT2D eigenvalue weighted by molar-refractivity contribution is 5.96. The number of amides is 1. The van der Waals surface area contributed by atoms with Crippen LogP contribution in [0.3, 0.4) is 0 Å². The van der Waals surface area contributed by atoms with Crippen LogP contribution in [0.2, 0.25) is 0 Å². The van der Waals surface area contributed by atoms with Gasteiger partial charge in [0.15, 0.2) is 0 Å². The SMILES string of the molecule is CCCCOc1ccc(NC(=O)C(C)(CC(C)C)OCCC)cn1. The van der Waals surface area contributed by atoms with Crippen molar-refractivity contribution in [3.63, 3.8) is 0 Å². The summed E-state index contributed by atoms with van der Waals surface area (Å²) in [5.74, 6) is 0.810. The van der Waals surface area contributed by atoms with Gasteiger partial charge in [-0.15, -0.1) is 0 Å². The number of ether oxygens (including phenoxy) is 2. The summed E-state index contributed by atoms with van der Waals surface area (Å²) in [6.07, 6.45) is 5.26. The highest BCUT2D eigenvalue weighted by Crippen LogP contribution is 2.24. The Hall–Kier alpha value is -1.62. The lowest BCUT2D eigenvalue weighted by Crippen LogP contribution is -2.44. The van der Waals surface area contributed by atoms with Gasteiger partial charge in [-0.25, -0.2) is 4.98 Å². The Morgan fingerprint density at radius 2 is 2.00 bits per heavy atom. The summed E-state index contributed by atoms with van der Waals surface area (Å²) >= 11 is 0. The summed E-state index contributed by atoms with van der Waals surface area (Å²) in [7, 11) is 0. The number of rotatable bonds is 11. The molecule has 0 saturated carbocycles. The molecular formula is C19H32N2O3. The van der Waals surface area contributed by atoms with Crippen molar-refractivity contribution < 1.29 is 14.3 Å². The molecule has 0 aliphatic heterocycles. The summed E-state index contributed by atoms with van der Waals surface area (Å²) in [4.78, 5) is 16.9. The maximum Gasteiger partial charge on any atom is 0.256 e. The molecule has 1 atom stereocenters. The van der Waals surface area contributed by atoms with Crippen molar-refractivity contribution in [2.45, 2.75) is 65.9 Å². The number of carbonyl (C=O) groups excluding carboxylic acids is 1. The molecule has 1 rings (SSSR count). The fourth-order valence-electron chi connectivity index (χ4n) is 2.45. The number of unbranched alkanes of at least 4 members (excludes halogenated alkanes) is 1. The van der Waals surface area contributed by atoms with Crippen LogP contribution in [0.25, 0.3) is 0 Å². The monoisotopic (exact) mass is 336 g/mol. The van der Waals surface area contributed by atoms with Gasteiger partial charge < -0.3 is 14.8 Å². The van der Waals surface area contributed by atoms with Gasteiger partial charge in [0.1, 0.15) is 5.60 Å². The molecule has 0 spiro atoms. The van der Waals surface area contributed by atoms with E-state index in [0.717, 1.165) is 19.3 Å². The predicted octanol–water partition coefficient (Wildman–Crippen LogP) is 4.43. The number of anilines is 1. The molecule has 0 radical (unpaired) electrons. The van der Waals surface area contributed by atoms with E-state index in [1.807, 2.05) is 19.9 Å². The van der Waals surface area contributed by atoms with Gasteiger partial charge in [-0.3, -0.25) is 4.79 Å². The van der Waals surface area contributed by atoms with Gasteiger partial charge in [0.05, 0.1) is 18.5 Å². The molecule has 1 amide bonds. The van der Waals surface area contributed by atoms with Crippen molar-refractivity contribution in [2.24, 2.45) is 5.92 Å². The van der Waals surface area contributed by atoms with Crippen molar-refractivity contribution in [1.82, 2.24) is 4.98 Å². The minimum absolute atomic E-state index is 0.133. The molecule has 0 bridgehead atoms. The first-order valence-electron chi connectivity index (χ1n) is 8.95. The molecule has 0 aliphatic carbocycles. The fraction of sp³-hybridized carbons (Fsp3) is 0.684. The summed E-state index contributed by atoms with van der Waals surface area (Å²) in [6, 6.07) is 3.58. The van der Waals surface area contributed by atoms with Crippen molar-refractivity contribution in [3.8, 4) is 5.88 Å². The second kappa shape index (κ2) is 10.3. The summed E-state index contributed by atoms with van der Waals surface area (Å²) in [5.41, 5.74) is -0.182. The molecule has 5 heteroatoms. The van der Waals surface area contributed by atoms with Crippen molar-refractivity contribution in [3.05, 3.63) is 18.3 Å². The zero-order valence-corrected chi connectivity index (χ0v) is 15.7. The molecule has 136 valence electrons. The average molecular weight is 336 g/mol. The molecule has 0 fully saturated rings. The van der Waals surface area contributed by atoms with E-state index in [9.17, 15) is 4.79 Å². The number of hydrogen-bond donors (Lipinski definition) is 1. The minimum atomic E-state index is -0.833. The largest absolute Gasteiger partial charge is 0.478 e. The summed E-state index contributed by atoms with van der Waals surface area (Å²) in [5, 5.41) is 2.91. The van der Waals surface area contributed by atoms with Gasteiger partial charge in [-0.05, 0) is 38.2 Å². The lowest BCUT2D eigenvalue weighted by atomic mass is 9.93. The lowest BCUT2D eigenvalue weighted by Gasteiger charge is -2.30. The third kappa shape index (κ3) is 6.87. The molecule has 0 aliphatic rings. The number of carbonyl (C=O) groups is 1. The number of nitrogens with zero attached hydrogens (tertiary/aromatic N) is 1. The van der Waals surface area contributed by atoms with E-state index in [4.69, 9.17) is 9.47 Å². The highest BCUT2D eigenvalue weighted by atomic mass is 16.5. The standard InChI is InChI=1S/C19H32N2O3/c1-6-8-12-23-17-10-9-16(14-20-17)21-18(22)19(5,13-15(3)4)24-11-7-2/h9-10,14-15H,6-8,11-13H2,1-5H3,(H,21,22). The van der Waals surface area contributed by atoms with Crippen LogP contribution in [-0.2, 0) is 9.53 Å². The van der Waals surface area contributed by atoms with Gasteiger partial charge >= 0.3 is 0 Å². The fourth-order valence-corrected chi connectivity index (χ4v) is 2.45. The molecule has 0 aromatic carbocycles. The van der Waals surface area contributed by atoms with Crippen LogP contribution in [0.5, 0.6) is 5.88 Å². The zero-order chi connectivity index (χ0) is 18.0. The first-order chi connectivity index (χ1) is 11.4. The summed E-state index contributed by atoms with van der Waals surface area (Å²) in [6.45, 7) is 11.4. The Morgan fingerprint density at radius 1 is 1.25 bits per heavy atom. The Morgan fingerprint density at radius 3 is 2.54 bits per heavy atom. The second-order valence-electron chi connectivity index (χ2n) is 6.72. The first kappa shape index (κ1) is 20.4. The number of pyridine rings is 1. The van der Waals surface area contributed by atoms with Crippen molar-refractivity contribution >= 4 is 11.6 Å². The Labute approximate surface area is 146 Å². The minimum Gasteiger partial charge on any atom is -0.478 e. The van der Waals surface area contributed by atoms with E-state index in [1.54, 1.807) is 12.3 Å². The van der Waals surface area contributed by atoms with Crippen LogP contribution in [0, 0.1) is 5.92 Å². The van der Waals surface area contributed by atoms with E-state index in [-0.39, 0.29) is 5.91 Å². The van der Waals surface area contributed by atoms with Crippen LogP contribution in [0.1, 0.15) is 60.3 Å². The molecule has 1 unspecified atom stereocenters.